The average Bonchev–Trinajstić information content (AvgIpc) is 2.17. The highest BCUT2D eigenvalue weighted by atomic mass is 19.1. The van der Waals surface area contributed by atoms with Crippen LogP contribution in [0, 0.1) is 22.6 Å². The van der Waals surface area contributed by atoms with Crippen LogP contribution in [0.3, 0.4) is 0 Å². The van der Waals surface area contributed by atoms with Gasteiger partial charge in [0.1, 0.15) is 5.82 Å². The molecule has 0 N–H and O–H groups in total. The van der Waals surface area contributed by atoms with E-state index in [1.807, 2.05) is 6.07 Å². The minimum absolute atomic E-state index is 0.0395. The van der Waals surface area contributed by atoms with Crippen molar-refractivity contribution in [2.75, 3.05) is 13.2 Å². The summed E-state index contributed by atoms with van der Waals surface area (Å²) in [5.74, 6) is -1.08. The van der Waals surface area contributed by atoms with Crippen molar-refractivity contribution in [1.29, 1.82) is 5.26 Å². The van der Waals surface area contributed by atoms with E-state index in [4.69, 9.17) is 10.00 Å². The van der Waals surface area contributed by atoms with E-state index < -0.39 is 17.0 Å². The topological polar surface area (TPSA) is 50.1 Å². The first-order valence-corrected chi connectivity index (χ1v) is 4.48. The summed E-state index contributed by atoms with van der Waals surface area (Å²) in [6, 6.07) is 7.56. The van der Waals surface area contributed by atoms with Crippen molar-refractivity contribution in [2.45, 2.75) is 0 Å². The molecule has 1 heterocycles. The lowest BCUT2D eigenvalue weighted by Gasteiger charge is -2.33. The quantitative estimate of drug-likeness (QED) is 0.688. The van der Waals surface area contributed by atoms with Gasteiger partial charge in [0.15, 0.2) is 11.2 Å². The van der Waals surface area contributed by atoms with Crippen LogP contribution < -0.4 is 0 Å². The zero-order valence-corrected chi connectivity index (χ0v) is 7.87. The molecule has 0 amide bonds. The van der Waals surface area contributed by atoms with Gasteiger partial charge in [-0.15, -0.1) is 0 Å². The van der Waals surface area contributed by atoms with Crippen LogP contribution in [0.2, 0.25) is 0 Å². The van der Waals surface area contributed by atoms with E-state index in [-0.39, 0.29) is 18.8 Å². The van der Waals surface area contributed by atoms with E-state index in [0.29, 0.717) is 0 Å². The first-order valence-electron chi connectivity index (χ1n) is 4.48. The predicted molar refractivity (Wildman–Crippen MR) is 49.6 cm³/mol. The van der Waals surface area contributed by atoms with Crippen molar-refractivity contribution in [1.82, 2.24) is 0 Å². The van der Waals surface area contributed by atoms with Crippen LogP contribution in [-0.2, 0) is 4.74 Å². The Morgan fingerprint density at radius 1 is 1.47 bits per heavy atom. The maximum Gasteiger partial charge on any atom is 0.190 e. The molecule has 76 valence electrons. The van der Waals surface area contributed by atoms with Crippen LogP contribution in [0.15, 0.2) is 24.3 Å². The van der Waals surface area contributed by atoms with Gasteiger partial charge >= 0.3 is 0 Å². The summed E-state index contributed by atoms with van der Waals surface area (Å²) in [7, 11) is 0. The molecule has 0 atom stereocenters. The summed E-state index contributed by atoms with van der Waals surface area (Å²) in [6.45, 7) is 0.104. The van der Waals surface area contributed by atoms with Gasteiger partial charge in [0.2, 0.25) is 0 Å². The lowest BCUT2D eigenvalue weighted by atomic mass is 9.80. The van der Waals surface area contributed by atoms with Gasteiger partial charge in [-0.2, -0.15) is 5.26 Å². The number of rotatable bonds is 2. The van der Waals surface area contributed by atoms with Gasteiger partial charge in [-0.05, 0) is 12.1 Å². The van der Waals surface area contributed by atoms with Gasteiger partial charge in [0.25, 0.3) is 0 Å². The predicted octanol–water partition coefficient (Wildman–Crippen LogP) is 1.55. The third-order valence-corrected chi connectivity index (χ3v) is 2.46. The Kier molecular flexibility index (Phi) is 2.25. The van der Waals surface area contributed by atoms with Crippen LogP contribution in [0.1, 0.15) is 10.4 Å². The molecule has 1 saturated heterocycles. The molecule has 2 rings (SSSR count). The number of halogens is 1. The number of carbonyl (C=O) groups excluding carboxylic acids is 1. The van der Waals surface area contributed by atoms with Gasteiger partial charge in [0, 0.05) is 0 Å². The molecule has 0 radical (unpaired) electrons. The maximum absolute atomic E-state index is 13.3. The number of Topliss-reactive ketones (excluding diaryl/α,β-unsaturated/α-hetero) is 1. The summed E-state index contributed by atoms with van der Waals surface area (Å²) >= 11 is 0. The lowest BCUT2D eigenvalue weighted by molar-refractivity contribution is -0.0567. The number of ketones is 1. The molecule has 0 spiro atoms. The summed E-state index contributed by atoms with van der Waals surface area (Å²) in [5, 5.41) is 8.89. The Hall–Kier alpha value is -1.73. The zero-order chi connectivity index (χ0) is 10.9. The molecule has 0 bridgehead atoms. The molecule has 1 aromatic carbocycles. The minimum Gasteiger partial charge on any atom is -0.377 e. The van der Waals surface area contributed by atoms with Crippen molar-refractivity contribution in [3.05, 3.63) is 35.6 Å². The number of hydrogen-bond acceptors (Lipinski definition) is 3. The normalized spacial score (nSPS) is 17.6. The molecular formula is C11H8FNO2. The van der Waals surface area contributed by atoms with Crippen molar-refractivity contribution < 1.29 is 13.9 Å². The van der Waals surface area contributed by atoms with E-state index in [1.54, 1.807) is 6.07 Å². The second-order valence-corrected chi connectivity index (χ2v) is 3.50. The largest absolute Gasteiger partial charge is 0.377 e. The SMILES string of the molecule is N#CC1(C(=O)c2ccccc2F)COC1. The van der Waals surface area contributed by atoms with Crippen LogP contribution in [0.25, 0.3) is 0 Å². The van der Waals surface area contributed by atoms with Crippen LogP contribution >= 0.6 is 0 Å². The molecule has 4 heteroatoms. The Morgan fingerprint density at radius 2 is 2.13 bits per heavy atom. The van der Waals surface area contributed by atoms with Gasteiger partial charge in [-0.3, -0.25) is 4.79 Å². The minimum atomic E-state index is -1.18. The fourth-order valence-electron chi connectivity index (χ4n) is 1.46. The third kappa shape index (κ3) is 1.41. The first-order chi connectivity index (χ1) is 7.19. The second-order valence-electron chi connectivity index (χ2n) is 3.50. The smallest absolute Gasteiger partial charge is 0.190 e. The van der Waals surface area contributed by atoms with Crippen molar-refractivity contribution in [3.8, 4) is 6.07 Å². The molecule has 1 fully saturated rings. The van der Waals surface area contributed by atoms with Crippen LogP contribution in [0.4, 0.5) is 4.39 Å². The van der Waals surface area contributed by atoms with Gasteiger partial charge in [0.05, 0.1) is 24.8 Å². The number of benzene rings is 1. The number of hydrogen-bond donors (Lipinski definition) is 0. The second kappa shape index (κ2) is 3.44. The molecule has 1 aliphatic heterocycles. The third-order valence-electron chi connectivity index (χ3n) is 2.46. The molecular weight excluding hydrogens is 197 g/mol. The summed E-state index contributed by atoms with van der Waals surface area (Å²) < 4.78 is 18.1. The van der Waals surface area contributed by atoms with Crippen molar-refractivity contribution in [3.63, 3.8) is 0 Å². The number of nitrogens with zero attached hydrogens (tertiary/aromatic N) is 1. The van der Waals surface area contributed by atoms with Gasteiger partial charge in [-0.25, -0.2) is 4.39 Å². The van der Waals surface area contributed by atoms with E-state index in [0.717, 1.165) is 0 Å². The standard InChI is InChI=1S/C11H8FNO2/c12-9-4-2-1-3-8(9)10(14)11(5-13)6-15-7-11/h1-4H,6-7H2. The monoisotopic (exact) mass is 205 g/mol. The Labute approximate surface area is 86.1 Å². The Bertz CT molecular complexity index is 446. The van der Waals surface area contributed by atoms with Crippen molar-refractivity contribution in [2.24, 2.45) is 5.41 Å². The molecule has 0 aliphatic carbocycles. The average molecular weight is 205 g/mol. The van der Waals surface area contributed by atoms with E-state index >= 15 is 0 Å². The molecule has 1 aliphatic rings. The maximum atomic E-state index is 13.3. The summed E-state index contributed by atoms with van der Waals surface area (Å²) in [6.07, 6.45) is 0. The Balaban J connectivity index is 2.37. The zero-order valence-electron chi connectivity index (χ0n) is 7.87. The molecule has 0 saturated carbocycles. The molecule has 0 aromatic heterocycles. The number of carbonyl (C=O) groups is 1. The highest BCUT2D eigenvalue weighted by Crippen LogP contribution is 2.31. The number of nitriles is 1. The number of ether oxygens (including phenoxy) is 1. The molecule has 15 heavy (non-hydrogen) atoms. The molecule has 0 unspecified atom stereocenters. The Morgan fingerprint density at radius 3 is 2.60 bits per heavy atom. The summed E-state index contributed by atoms with van der Waals surface area (Å²) in [5.41, 5.74) is -1.22. The van der Waals surface area contributed by atoms with Gasteiger partial charge < -0.3 is 4.74 Å². The highest BCUT2D eigenvalue weighted by molar-refractivity contribution is 6.03. The van der Waals surface area contributed by atoms with Gasteiger partial charge in [-0.1, -0.05) is 12.1 Å². The van der Waals surface area contributed by atoms with E-state index in [9.17, 15) is 9.18 Å². The summed E-state index contributed by atoms with van der Waals surface area (Å²) in [4.78, 5) is 11.9. The molecule has 3 nitrogen and oxygen atoms in total. The fourth-order valence-corrected chi connectivity index (χ4v) is 1.46. The van der Waals surface area contributed by atoms with Crippen molar-refractivity contribution >= 4 is 5.78 Å². The fraction of sp³-hybridized carbons (Fsp3) is 0.273. The lowest BCUT2D eigenvalue weighted by Crippen LogP contribution is -2.48. The van der Waals surface area contributed by atoms with E-state index in [2.05, 4.69) is 0 Å². The van der Waals surface area contributed by atoms with Crippen LogP contribution in [0.5, 0.6) is 0 Å². The highest BCUT2D eigenvalue weighted by Gasteiger charge is 2.47. The first kappa shape index (κ1) is 9.81. The van der Waals surface area contributed by atoms with Crippen LogP contribution in [-0.4, -0.2) is 19.0 Å². The molecule has 1 aromatic rings. The van der Waals surface area contributed by atoms with E-state index in [1.165, 1.54) is 18.2 Å².